The van der Waals surface area contributed by atoms with Gasteiger partial charge in [-0.1, -0.05) is 55.0 Å². The van der Waals surface area contributed by atoms with Gasteiger partial charge in [0.1, 0.15) is 6.54 Å². The zero-order valence-corrected chi connectivity index (χ0v) is 23.2. The van der Waals surface area contributed by atoms with E-state index in [-0.39, 0.29) is 9.79 Å². The van der Waals surface area contributed by atoms with E-state index in [1.165, 1.54) is 36.4 Å². The summed E-state index contributed by atoms with van der Waals surface area (Å²) < 4.78 is 56.0. The predicted molar refractivity (Wildman–Crippen MR) is 154 cm³/mol. The minimum absolute atomic E-state index is 0.0175. The SMILES string of the molecule is CCc1ccc(N(CC(=O)Nc2ccc(S(=O)(=O)Nc3ccccc3)cc2)S(=O)(=O)c2ccc(C)cc2)cc1. The van der Waals surface area contributed by atoms with Crippen LogP contribution in [0.25, 0.3) is 0 Å². The maximum Gasteiger partial charge on any atom is 0.264 e. The summed E-state index contributed by atoms with van der Waals surface area (Å²) in [7, 11) is -7.87. The number of anilines is 3. The summed E-state index contributed by atoms with van der Waals surface area (Å²) in [6, 6.07) is 27.6. The van der Waals surface area contributed by atoms with Crippen LogP contribution < -0.4 is 14.3 Å². The molecule has 0 aromatic heterocycles. The van der Waals surface area contributed by atoms with Crippen LogP contribution >= 0.6 is 0 Å². The van der Waals surface area contributed by atoms with Crippen LogP contribution in [0, 0.1) is 6.92 Å². The number of aryl methyl sites for hydroxylation is 2. The second-order valence-electron chi connectivity index (χ2n) is 8.89. The van der Waals surface area contributed by atoms with Crippen molar-refractivity contribution in [2.75, 3.05) is 20.9 Å². The third kappa shape index (κ3) is 6.84. The molecule has 0 radical (unpaired) electrons. The maximum absolute atomic E-state index is 13.6. The minimum Gasteiger partial charge on any atom is -0.325 e. The molecule has 0 aliphatic rings. The molecule has 0 bridgehead atoms. The van der Waals surface area contributed by atoms with Crippen LogP contribution in [0.2, 0.25) is 0 Å². The molecule has 1 amide bonds. The molecular formula is C29H29N3O5S2. The highest BCUT2D eigenvalue weighted by Gasteiger charge is 2.27. The summed E-state index contributed by atoms with van der Waals surface area (Å²) in [6.07, 6.45) is 0.790. The van der Waals surface area contributed by atoms with Crippen LogP contribution in [0.1, 0.15) is 18.1 Å². The summed E-state index contributed by atoms with van der Waals surface area (Å²) >= 11 is 0. The quantitative estimate of drug-likeness (QED) is 0.276. The van der Waals surface area contributed by atoms with Crippen LogP contribution in [0.5, 0.6) is 0 Å². The Morgan fingerprint density at radius 3 is 1.90 bits per heavy atom. The Morgan fingerprint density at radius 1 is 0.718 bits per heavy atom. The summed E-state index contributed by atoms with van der Waals surface area (Å²) in [4.78, 5) is 13.1. The minimum atomic E-state index is -4.05. The van der Waals surface area contributed by atoms with Crippen molar-refractivity contribution in [3.8, 4) is 0 Å². The molecule has 0 aliphatic carbocycles. The molecule has 0 heterocycles. The van der Waals surface area contributed by atoms with Gasteiger partial charge in [-0.25, -0.2) is 16.8 Å². The van der Waals surface area contributed by atoms with Gasteiger partial charge in [-0.2, -0.15) is 0 Å². The molecule has 0 atom stereocenters. The molecule has 0 spiro atoms. The van der Waals surface area contributed by atoms with Crippen LogP contribution in [0.3, 0.4) is 0 Å². The Kier molecular flexibility index (Phi) is 8.37. The lowest BCUT2D eigenvalue weighted by Crippen LogP contribution is -2.38. The van der Waals surface area contributed by atoms with Gasteiger partial charge in [0.05, 0.1) is 15.5 Å². The van der Waals surface area contributed by atoms with Crippen molar-refractivity contribution in [3.63, 3.8) is 0 Å². The number of hydrogen-bond donors (Lipinski definition) is 2. The van der Waals surface area contributed by atoms with Crippen LogP contribution in [-0.2, 0) is 31.3 Å². The van der Waals surface area contributed by atoms with E-state index in [0.717, 1.165) is 21.9 Å². The fourth-order valence-corrected chi connectivity index (χ4v) is 6.30. The molecule has 8 nitrogen and oxygen atoms in total. The Balaban J connectivity index is 1.54. The first-order valence-electron chi connectivity index (χ1n) is 12.2. The van der Waals surface area contributed by atoms with E-state index < -0.39 is 32.5 Å². The van der Waals surface area contributed by atoms with Crippen molar-refractivity contribution in [3.05, 3.63) is 114 Å². The van der Waals surface area contributed by atoms with E-state index in [2.05, 4.69) is 10.0 Å². The third-order valence-corrected chi connectivity index (χ3v) is 9.19. The number of nitrogens with zero attached hydrogens (tertiary/aromatic N) is 1. The number of carbonyl (C=O) groups is 1. The van der Waals surface area contributed by atoms with Crippen molar-refractivity contribution >= 4 is 43.0 Å². The predicted octanol–water partition coefficient (Wildman–Crippen LogP) is 5.19. The molecule has 4 aromatic carbocycles. The summed E-state index contributed by atoms with van der Waals surface area (Å²) in [5.41, 5.74) is 3.06. The second-order valence-corrected chi connectivity index (χ2v) is 12.4. The summed E-state index contributed by atoms with van der Waals surface area (Å²) in [5, 5.41) is 2.67. The molecule has 39 heavy (non-hydrogen) atoms. The number of rotatable bonds is 10. The van der Waals surface area contributed by atoms with E-state index in [4.69, 9.17) is 0 Å². The molecule has 0 aliphatic heterocycles. The number of hydrogen-bond acceptors (Lipinski definition) is 5. The lowest BCUT2D eigenvalue weighted by Gasteiger charge is -2.24. The Labute approximate surface area is 229 Å². The van der Waals surface area contributed by atoms with Gasteiger partial charge < -0.3 is 5.32 Å². The molecule has 0 saturated carbocycles. The van der Waals surface area contributed by atoms with E-state index >= 15 is 0 Å². The van der Waals surface area contributed by atoms with Crippen molar-refractivity contribution in [2.24, 2.45) is 0 Å². The van der Waals surface area contributed by atoms with Gasteiger partial charge in [-0.3, -0.25) is 13.8 Å². The Morgan fingerprint density at radius 2 is 1.31 bits per heavy atom. The first kappa shape index (κ1) is 27.9. The van der Waals surface area contributed by atoms with Gasteiger partial charge in [0.2, 0.25) is 5.91 Å². The van der Waals surface area contributed by atoms with Gasteiger partial charge in [0, 0.05) is 11.4 Å². The first-order valence-corrected chi connectivity index (χ1v) is 15.2. The molecule has 0 saturated heterocycles. The topological polar surface area (TPSA) is 113 Å². The van der Waals surface area contributed by atoms with Crippen LogP contribution in [0.4, 0.5) is 17.1 Å². The van der Waals surface area contributed by atoms with Gasteiger partial charge in [0.25, 0.3) is 20.0 Å². The van der Waals surface area contributed by atoms with Gasteiger partial charge in [-0.15, -0.1) is 0 Å². The molecule has 0 fully saturated rings. The van der Waals surface area contributed by atoms with Crippen LogP contribution in [0.15, 0.2) is 113 Å². The number of para-hydroxylation sites is 1. The third-order valence-electron chi connectivity index (χ3n) is 6.00. The van der Waals surface area contributed by atoms with Gasteiger partial charge in [-0.05, 0) is 79.6 Å². The number of carbonyl (C=O) groups excluding carboxylic acids is 1. The van der Waals surface area contributed by atoms with Crippen molar-refractivity contribution in [1.29, 1.82) is 0 Å². The zero-order valence-electron chi connectivity index (χ0n) is 21.5. The van der Waals surface area contributed by atoms with E-state index in [1.54, 1.807) is 54.6 Å². The van der Waals surface area contributed by atoms with Gasteiger partial charge in [0.15, 0.2) is 0 Å². The molecule has 202 valence electrons. The van der Waals surface area contributed by atoms with Crippen molar-refractivity contribution in [2.45, 2.75) is 30.1 Å². The van der Waals surface area contributed by atoms with Crippen molar-refractivity contribution < 1.29 is 21.6 Å². The first-order chi connectivity index (χ1) is 18.6. The Bertz CT molecular complexity index is 1640. The zero-order chi connectivity index (χ0) is 28.0. The fourth-order valence-electron chi connectivity index (χ4n) is 3.82. The molecule has 0 unspecified atom stereocenters. The molecule has 4 rings (SSSR count). The largest absolute Gasteiger partial charge is 0.325 e. The highest BCUT2D eigenvalue weighted by molar-refractivity contribution is 7.93. The molecular weight excluding hydrogens is 534 g/mol. The monoisotopic (exact) mass is 563 g/mol. The number of benzene rings is 4. The van der Waals surface area contributed by atoms with Crippen molar-refractivity contribution in [1.82, 2.24) is 0 Å². The summed E-state index contributed by atoms with van der Waals surface area (Å²) in [5.74, 6) is -0.580. The molecule has 2 N–H and O–H groups in total. The standard InChI is InChI=1S/C29H29N3O5S2/c1-3-23-11-15-26(16-12-23)32(39(36,37)28-17-9-22(2)10-18-28)21-29(33)30-24-13-19-27(20-14-24)38(34,35)31-25-7-5-4-6-8-25/h4-20,31H,3,21H2,1-2H3,(H,30,33). The highest BCUT2D eigenvalue weighted by atomic mass is 32.2. The number of sulfonamides is 2. The molecule has 10 heteroatoms. The van der Waals surface area contributed by atoms with E-state index in [0.29, 0.717) is 17.1 Å². The van der Waals surface area contributed by atoms with E-state index in [9.17, 15) is 21.6 Å². The maximum atomic E-state index is 13.6. The Hall–Kier alpha value is -4.15. The second kappa shape index (κ2) is 11.7. The highest BCUT2D eigenvalue weighted by Crippen LogP contribution is 2.25. The average molecular weight is 564 g/mol. The number of amides is 1. The average Bonchev–Trinajstić information content (AvgIpc) is 2.92. The normalized spacial score (nSPS) is 11.5. The fraction of sp³-hybridized carbons (Fsp3) is 0.138. The van der Waals surface area contributed by atoms with E-state index in [1.807, 2.05) is 26.0 Å². The summed E-state index contributed by atoms with van der Waals surface area (Å²) in [6.45, 7) is 3.38. The smallest absolute Gasteiger partial charge is 0.264 e. The van der Waals surface area contributed by atoms with Gasteiger partial charge >= 0.3 is 0 Å². The number of nitrogens with one attached hydrogen (secondary N) is 2. The lowest BCUT2D eigenvalue weighted by atomic mass is 10.1. The molecule has 4 aromatic rings. The lowest BCUT2D eigenvalue weighted by molar-refractivity contribution is -0.114. The van der Waals surface area contributed by atoms with Crippen LogP contribution in [-0.4, -0.2) is 29.3 Å².